The van der Waals surface area contributed by atoms with Crippen LogP contribution in [0.4, 0.5) is 0 Å². The number of carbonyl (C=O) groups excluding carboxylic acids is 2. The van der Waals surface area contributed by atoms with Gasteiger partial charge in [0.1, 0.15) is 12.4 Å². The summed E-state index contributed by atoms with van der Waals surface area (Å²) in [6.07, 6.45) is 7.17. The molecule has 102 valence electrons. The second-order valence-electron chi connectivity index (χ2n) is 5.35. The molecule has 2 rings (SSSR count). The molecule has 1 heterocycles. The molecule has 1 aliphatic heterocycles. The van der Waals surface area contributed by atoms with Gasteiger partial charge in [0.05, 0.1) is 5.60 Å². The van der Waals surface area contributed by atoms with Crippen LogP contribution in [0.1, 0.15) is 26.2 Å². The molecular formula is C15H18O4. The predicted octanol–water partition coefficient (Wildman–Crippen LogP) is 1.70. The summed E-state index contributed by atoms with van der Waals surface area (Å²) < 4.78 is 5.24. The summed E-state index contributed by atoms with van der Waals surface area (Å²) in [6, 6.07) is 0. The van der Waals surface area contributed by atoms with Gasteiger partial charge in [-0.1, -0.05) is 24.8 Å². The van der Waals surface area contributed by atoms with Crippen molar-refractivity contribution in [2.75, 3.05) is 0 Å². The Labute approximate surface area is 112 Å². The second-order valence-corrected chi connectivity index (χ2v) is 5.35. The Kier molecular flexibility index (Phi) is 3.71. The van der Waals surface area contributed by atoms with Crippen LogP contribution in [-0.2, 0) is 14.3 Å². The minimum absolute atomic E-state index is 0.277. The molecule has 1 saturated heterocycles. The largest absolute Gasteiger partial charge is 0.458 e. The van der Waals surface area contributed by atoms with Crippen LogP contribution in [0.5, 0.6) is 0 Å². The summed E-state index contributed by atoms with van der Waals surface area (Å²) in [5.41, 5.74) is 0.0182. The lowest BCUT2D eigenvalue weighted by Crippen LogP contribution is -2.23. The number of hydrogen-bond acceptors (Lipinski definition) is 4. The average Bonchev–Trinajstić information content (AvgIpc) is 2.61. The lowest BCUT2D eigenvalue weighted by molar-refractivity contribution is -0.139. The highest BCUT2D eigenvalue weighted by Gasteiger charge is 2.37. The molecule has 0 amide bonds. The highest BCUT2D eigenvalue weighted by atomic mass is 16.6. The van der Waals surface area contributed by atoms with Gasteiger partial charge in [-0.05, 0) is 25.3 Å². The third kappa shape index (κ3) is 3.01. The lowest BCUT2D eigenvalue weighted by atomic mass is 9.88. The van der Waals surface area contributed by atoms with Crippen molar-refractivity contribution in [1.29, 1.82) is 0 Å². The van der Waals surface area contributed by atoms with Crippen molar-refractivity contribution in [3.05, 3.63) is 36.0 Å². The molecule has 0 aromatic heterocycles. The summed E-state index contributed by atoms with van der Waals surface area (Å²) in [4.78, 5) is 22.6. The highest BCUT2D eigenvalue weighted by Crippen LogP contribution is 2.33. The summed E-state index contributed by atoms with van der Waals surface area (Å²) in [6.45, 7) is 5.43. The van der Waals surface area contributed by atoms with E-state index in [-0.39, 0.29) is 5.92 Å². The maximum atomic E-state index is 11.6. The monoisotopic (exact) mass is 262 g/mol. The van der Waals surface area contributed by atoms with E-state index in [0.29, 0.717) is 30.4 Å². The van der Waals surface area contributed by atoms with Crippen LogP contribution >= 0.6 is 0 Å². The first-order valence-corrected chi connectivity index (χ1v) is 6.39. The standard InChI is InChI=1S/C15H18O4/c1-10-12-5-7-15(2,18)6-3-4-11(9-16)8-13(12)19-14(10)17/h4-5,7,9,12-13,18H,1,3,6,8H2,2H3/b7-5+,11-4-/t12-,13-,15-/m1/s1. The Bertz CT molecular complexity index is 471. The van der Waals surface area contributed by atoms with Crippen molar-refractivity contribution >= 4 is 12.3 Å². The molecule has 0 aromatic carbocycles. The van der Waals surface area contributed by atoms with Gasteiger partial charge in [-0.25, -0.2) is 4.79 Å². The first kappa shape index (κ1) is 13.7. The number of carbonyl (C=O) groups is 2. The number of esters is 1. The van der Waals surface area contributed by atoms with Crippen LogP contribution in [-0.4, -0.2) is 29.1 Å². The van der Waals surface area contributed by atoms with Gasteiger partial charge < -0.3 is 9.84 Å². The van der Waals surface area contributed by atoms with E-state index in [1.54, 1.807) is 25.2 Å². The number of aliphatic hydroxyl groups is 1. The molecule has 2 aliphatic rings. The van der Waals surface area contributed by atoms with Gasteiger partial charge in [0.2, 0.25) is 0 Å². The molecule has 0 bridgehead atoms. The summed E-state index contributed by atoms with van der Waals surface area (Å²) in [7, 11) is 0. The van der Waals surface area contributed by atoms with E-state index in [9.17, 15) is 14.7 Å². The van der Waals surface area contributed by atoms with E-state index < -0.39 is 17.7 Å². The fraction of sp³-hybridized carbons (Fsp3) is 0.467. The van der Waals surface area contributed by atoms with Crippen LogP contribution in [0.25, 0.3) is 0 Å². The zero-order valence-corrected chi connectivity index (χ0v) is 11.0. The molecule has 1 fully saturated rings. The first-order chi connectivity index (χ1) is 8.93. The Hall–Kier alpha value is -1.68. The van der Waals surface area contributed by atoms with Crippen LogP contribution in [0.15, 0.2) is 36.0 Å². The molecule has 4 heteroatoms. The Balaban J connectivity index is 2.33. The normalized spacial score (nSPS) is 39.8. The molecule has 0 saturated carbocycles. The average molecular weight is 262 g/mol. The Morgan fingerprint density at radius 3 is 3.00 bits per heavy atom. The van der Waals surface area contributed by atoms with E-state index >= 15 is 0 Å². The lowest BCUT2D eigenvalue weighted by Gasteiger charge is -2.22. The quantitative estimate of drug-likeness (QED) is 0.338. The summed E-state index contributed by atoms with van der Waals surface area (Å²) >= 11 is 0. The smallest absolute Gasteiger partial charge is 0.334 e. The molecule has 0 unspecified atom stereocenters. The van der Waals surface area contributed by atoms with Crippen LogP contribution in [0, 0.1) is 5.92 Å². The molecule has 0 spiro atoms. The summed E-state index contributed by atoms with van der Waals surface area (Å²) in [5, 5.41) is 10.2. The molecule has 0 radical (unpaired) electrons. The molecule has 4 nitrogen and oxygen atoms in total. The van der Waals surface area contributed by atoms with Crippen LogP contribution in [0.2, 0.25) is 0 Å². The number of rotatable bonds is 1. The van der Waals surface area contributed by atoms with Gasteiger partial charge in [0.15, 0.2) is 0 Å². The van der Waals surface area contributed by atoms with Crippen molar-refractivity contribution in [1.82, 2.24) is 0 Å². The van der Waals surface area contributed by atoms with E-state index in [2.05, 4.69) is 6.58 Å². The fourth-order valence-electron chi connectivity index (χ4n) is 2.41. The first-order valence-electron chi connectivity index (χ1n) is 6.39. The maximum Gasteiger partial charge on any atom is 0.334 e. The minimum atomic E-state index is -0.960. The topological polar surface area (TPSA) is 63.6 Å². The molecule has 1 N–H and O–H groups in total. The Morgan fingerprint density at radius 2 is 2.32 bits per heavy atom. The summed E-state index contributed by atoms with van der Waals surface area (Å²) in [5.74, 6) is -0.704. The maximum absolute atomic E-state index is 11.6. The van der Waals surface area contributed by atoms with E-state index in [0.717, 1.165) is 6.29 Å². The molecule has 3 atom stereocenters. The van der Waals surface area contributed by atoms with Gasteiger partial charge in [0.25, 0.3) is 0 Å². The SMILES string of the molecule is C=C1C(=O)O[C@@H]2C/C(C=O)=C/CC[C@@](C)(O)/C=C/[C@H]12. The molecule has 0 aromatic rings. The van der Waals surface area contributed by atoms with Crippen LogP contribution in [0.3, 0.4) is 0 Å². The van der Waals surface area contributed by atoms with Crippen molar-refractivity contribution < 1.29 is 19.4 Å². The van der Waals surface area contributed by atoms with Crippen molar-refractivity contribution in [3.8, 4) is 0 Å². The number of aldehydes is 1. The highest BCUT2D eigenvalue weighted by molar-refractivity contribution is 5.91. The van der Waals surface area contributed by atoms with E-state index in [1.807, 2.05) is 0 Å². The zero-order valence-electron chi connectivity index (χ0n) is 11.0. The third-order valence-electron chi connectivity index (χ3n) is 3.63. The number of hydrogen-bond donors (Lipinski definition) is 1. The Morgan fingerprint density at radius 1 is 1.58 bits per heavy atom. The number of allylic oxidation sites excluding steroid dienone is 1. The molecular weight excluding hydrogens is 244 g/mol. The fourth-order valence-corrected chi connectivity index (χ4v) is 2.41. The molecule has 19 heavy (non-hydrogen) atoms. The zero-order chi connectivity index (χ0) is 14.0. The van der Waals surface area contributed by atoms with Gasteiger partial charge in [-0.3, -0.25) is 4.79 Å². The van der Waals surface area contributed by atoms with Gasteiger partial charge in [-0.2, -0.15) is 0 Å². The molecule has 1 aliphatic carbocycles. The minimum Gasteiger partial charge on any atom is -0.458 e. The van der Waals surface area contributed by atoms with Gasteiger partial charge in [0, 0.05) is 17.9 Å². The number of fused-ring (bicyclic) bond motifs is 1. The van der Waals surface area contributed by atoms with Crippen molar-refractivity contribution in [3.63, 3.8) is 0 Å². The second kappa shape index (κ2) is 5.13. The third-order valence-corrected chi connectivity index (χ3v) is 3.63. The number of ether oxygens (including phenoxy) is 1. The van der Waals surface area contributed by atoms with E-state index in [4.69, 9.17) is 4.74 Å². The van der Waals surface area contributed by atoms with Gasteiger partial charge in [-0.15, -0.1) is 0 Å². The van der Waals surface area contributed by atoms with Gasteiger partial charge >= 0.3 is 5.97 Å². The van der Waals surface area contributed by atoms with Crippen LogP contribution < -0.4 is 0 Å². The van der Waals surface area contributed by atoms with Crippen molar-refractivity contribution in [2.45, 2.75) is 37.9 Å². The van der Waals surface area contributed by atoms with Crippen molar-refractivity contribution in [2.24, 2.45) is 5.92 Å². The predicted molar refractivity (Wildman–Crippen MR) is 70.3 cm³/mol. The van der Waals surface area contributed by atoms with E-state index in [1.165, 1.54) is 0 Å².